The maximum absolute atomic E-state index is 12.0. The summed E-state index contributed by atoms with van der Waals surface area (Å²) in [6.07, 6.45) is 0. The predicted octanol–water partition coefficient (Wildman–Crippen LogP) is 5.33. The van der Waals surface area contributed by atoms with Gasteiger partial charge in [-0.1, -0.05) is 37.0 Å². The topological polar surface area (TPSA) is 39.2 Å². The lowest BCUT2D eigenvalue weighted by atomic mass is 10.0. The van der Waals surface area contributed by atoms with E-state index in [0.717, 1.165) is 5.69 Å². The van der Waals surface area contributed by atoms with Crippen molar-refractivity contribution in [2.75, 3.05) is 0 Å². The quantitative estimate of drug-likeness (QED) is 0.564. The lowest BCUT2D eigenvalue weighted by molar-refractivity contribution is 0.0939. The first-order valence-corrected chi connectivity index (χ1v) is 7.28. The third kappa shape index (κ3) is 3.96. The van der Waals surface area contributed by atoms with E-state index in [1.807, 2.05) is 20.8 Å². The normalized spacial score (nSPS) is 10.8. The summed E-state index contributed by atoms with van der Waals surface area (Å²) in [5, 5.41) is 0.741. The second-order valence-corrected chi connectivity index (χ2v) is 5.82. The minimum Gasteiger partial charge on any atom is -0.457 e. The molecule has 0 N–H and O–H groups in total. The van der Waals surface area contributed by atoms with Crippen molar-refractivity contribution in [2.45, 2.75) is 20.8 Å². The molecule has 2 aromatic rings. The number of ketones is 1. The molecule has 1 heterocycles. The van der Waals surface area contributed by atoms with Gasteiger partial charge in [0.15, 0.2) is 5.78 Å². The van der Waals surface area contributed by atoms with Crippen LogP contribution in [-0.4, -0.2) is 10.8 Å². The summed E-state index contributed by atoms with van der Waals surface area (Å²) in [6, 6.07) is 8.41. The van der Waals surface area contributed by atoms with Gasteiger partial charge in [-0.3, -0.25) is 4.79 Å². The molecule has 0 bridgehead atoms. The Kier molecular flexibility index (Phi) is 4.86. The van der Waals surface area contributed by atoms with Crippen LogP contribution in [0.1, 0.15) is 29.9 Å². The maximum atomic E-state index is 12.0. The zero-order valence-electron chi connectivity index (χ0n) is 12.0. The Hall–Kier alpha value is -1.58. The number of nitrogens with zero attached hydrogens (tertiary/aromatic N) is 1. The fraction of sp³-hybridized carbons (Fsp3) is 0.250. The summed E-state index contributed by atoms with van der Waals surface area (Å²) in [5.41, 5.74) is 1.26. The van der Waals surface area contributed by atoms with E-state index in [4.69, 9.17) is 27.9 Å². The number of carbonyl (C=O) groups excluding carboxylic acids is 1. The second-order valence-electron chi connectivity index (χ2n) is 5.03. The number of rotatable bonds is 4. The summed E-state index contributed by atoms with van der Waals surface area (Å²) in [5.74, 6) is 1.03. The summed E-state index contributed by atoms with van der Waals surface area (Å²) < 4.78 is 5.70. The van der Waals surface area contributed by atoms with Gasteiger partial charge in [-0.2, -0.15) is 0 Å². The van der Waals surface area contributed by atoms with Gasteiger partial charge in [0.1, 0.15) is 16.7 Å². The van der Waals surface area contributed by atoms with Crippen LogP contribution < -0.4 is 4.74 Å². The van der Waals surface area contributed by atoms with Crippen molar-refractivity contribution in [1.29, 1.82) is 0 Å². The van der Waals surface area contributed by atoms with E-state index in [-0.39, 0.29) is 11.7 Å². The number of halogens is 2. The summed E-state index contributed by atoms with van der Waals surface area (Å²) in [6.45, 7) is 5.51. The van der Waals surface area contributed by atoms with Crippen LogP contribution in [0.4, 0.5) is 0 Å². The number of aromatic nitrogens is 1. The van der Waals surface area contributed by atoms with Gasteiger partial charge in [-0.05, 0) is 19.1 Å². The lowest BCUT2D eigenvalue weighted by Gasteiger charge is -2.10. The highest BCUT2D eigenvalue weighted by Crippen LogP contribution is 2.29. The number of hydrogen-bond donors (Lipinski definition) is 0. The second kappa shape index (κ2) is 6.46. The van der Waals surface area contributed by atoms with Gasteiger partial charge in [0.2, 0.25) is 0 Å². The first kappa shape index (κ1) is 15.8. The first-order valence-electron chi connectivity index (χ1n) is 6.52. The highest BCUT2D eigenvalue weighted by atomic mass is 35.5. The molecule has 0 saturated carbocycles. The number of pyridine rings is 1. The largest absolute Gasteiger partial charge is 0.457 e. The molecule has 0 unspecified atom stereocenters. The number of aryl methyl sites for hydroxylation is 1. The SMILES string of the molecule is Cc1cc(Oc2ccc(C(=O)C(C)C)c(Cl)c2)cc(Cl)n1. The molecule has 0 radical (unpaired) electrons. The smallest absolute Gasteiger partial charge is 0.166 e. The van der Waals surface area contributed by atoms with Gasteiger partial charge >= 0.3 is 0 Å². The number of carbonyl (C=O) groups is 1. The van der Waals surface area contributed by atoms with E-state index in [1.165, 1.54) is 0 Å². The molecular weight excluding hydrogens is 309 g/mol. The molecule has 0 aliphatic heterocycles. The van der Waals surface area contributed by atoms with Crippen molar-refractivity contribution in [3.05, 3.63) is 51.8 Å². The van der Waals surface area contributed by atoms with Crippen molar-refractivity contribution >= 4 is 29.0 Å². The minimum absolute atomic E-state index is 0.00866. The van der Waals surface area contributed by atoms with Crippen molar-refractivity contribution in [2.24, 2.45) is 5.92 Å². The van der Waals surface area contributed by atoms with Gasteiger partial charge in [-0.15, -0.1) is 0 Å². The third-order valence-corrected chi connectivity index (χ3v) is 3.37. The molecule has 0 saturated heterocycles. The van der Waals surface area contributed by atoms with Crippen molar-refractivity contribution in [1.82, 2.24) is 4.98 Å². The molecule has 1 aromatic carbocycles. The van der Waals surface area contributed by atoms with E-state index in [9.17, 15) is 4.79 Å². The van der Waals surface area contributed by atoms with Gasteiger partial charge < -0.3 is 4.74 Å². The first-order chi connectivity index (χ1) is 9.86. The Morgan fingerprint density at radius 2 is 1.86 bits per heavy atom. The van der Waals surface area contributed by atoms with Gasteiger partial charge in [0.25, 0.3) is 0 Å². The molecule has 1 aromatic heterocycles. The number of ether oxygens (including phenoxy) is 1. The van der Waals surface area contributed by atoms with E-state index in [1.54, 1.807) is 30.3 Å². The van der Waals surface area contributed by atoms with E-state index in [0.29, 0.717) is 27.2 Å². The molecule has 0 aliphatic rings. The maximum Gasteiger partial charge on any atom is 0.166 e. The van der Waals surface area contributed by atoms with Crippen LogP contribution in [0.15, 0.2) is 30.3 Å². The Balaban J connectivity index is 2.26. The van der Waals surface area contributed by atoms with Gasteiger partial charge in [-0.25, -0.2) is 4.98 Å². The van der Waals surface area contributed by atoms with Crippen LogP contribution in [0.3, 0.4) is 0 Å². The van der Waals surface area contributed by atoms with Crippen molar-refractivity contribution in [3.8, 4) is 11.5 Å². The van der Waals surface area contributed by atoms with Gasteiger partial charge in [0.05, 0.1) is 5.02 Å². The highest BCUT2D eigenvalue weighted by Gasteiger charge is 2.15. The summed E-state index contributed by atoms with van der Waals surface area (Å²) in [7, 11) is 0. The van der Waals surface area contributed by atoms with Crippen molar-refractivity contribution < 1.29 is 9.53 Å². The summed E-state index contributed by atoms with van der Waals surface area (Å²) >= 11 is 12.0. The zero-order valence-corrected chi connectivity index (χ0v) is 13.5. The average Bonchev–Trinajstić information content (AvgIpc) is 2.36. The zero-order chi connectivity index (χ0) is 15.6. The molecule has 5 heteroatoms. The third-order valence-electron chi connectivity index (χ3n) is 2.86. The molecular formula is C16H15Cl2NO2. The molecule has 110 valence electrons. The molecule has 0 amide bonds. The van der Waals surface area contributed by atoms with Crippen LogP contribution in [0.25, 0.3) is 0 Å². The molecule has 21 heavy (non-hydrogen) atoms. The van der Waals surface area contributed by atoms with Crippen LogP contribution in [0.2, 0.25) is 10.2 Å². The fourth-order valence-electron chi connectivity index (χ4n) is 1.86. The molecule has 0 fully saturated rings. The molecule has 3 nitrogen and oxygen atoms in total. The van der Waals surface area contributed by atoms with Crippen LogP contribution in [0.5, 0.6) is 11.5 Å². The number of Topliss-reactive ketones (excluding diaryl/α,β-unsaturated/α-hetero) is 1. The Bertz CT molecular complexity index is 664. The molecule has 2 rings (SSSR count). The van der Waals surface area contributed by atoms with E-state index >= 15 is 0 Å². The number of hydrogen-bond acceptors (Lipinski definition) is 3. The van der Waals surface area contributed by atoms with Crippen molar-refractivity contribution in [3.63, 3.8) is 0 Å². The molecule has 0 spiro atoms. The van der Waals surface area contributed by atoms with E-state index < -0.39 is 0 Å². The highest BCUT2D eigenvalue weighted by molar-refractivity contribution is 6.34. The Labute approximate surface area is 133 Å². The lowest BCUT2D eigenvalue weighted by Crippen LogP contribution is -2.07. The Morgan fingerprint density at radius 3 is 2.43 bits per heavy atom. The van der Waals surface area contributed by atoms with E-state index in [2.05, 4.69) is 4.98 Å². The summed E-state index contributed by atoms with van der Waals surface area (Å²) in [4.78, 5) is 16.0. The fourth-order valence-corrected chi connectivity index (χ4v) is 2.37. The Morgan fingerprint density at radius 1 is 1.14 bits per heavy atom. The van der Waals surface area contributed by atoms with Gasteiger partial charge in [0, 0.05) is 35.4 Å². The number of benzene rings is 1. The van der Waals surface area contributed by atoms with Crippen LogP contribution in [0, 0.1) is 12.8 Å². The standard InChI is InChI=1S/C16H15Cl2NO2/c1-9(2)16(20)13-5-4-11(7-14(13)17)21-12-6-10(3)19-15(18)8-12/h4-9H,1-3H3. The monoisotopic (exact) mass is 323 g/mol. The average molecular weight is 324 g/mol. The minimum atomic E-state index is -0.101. The predicted molar refractivity (Wildman–Crippen MR) is 84.7 cm³/mol. The molecule has 0 atom stereocenters. The van der Waals surface area contributed by atoms with Crippen LogP contribution >= 0.6 is 23.2 Å². The van der Waals surface area contributed by atoms with Crippen LogP contribution in [-0.2, 0) is 0 Å². The molecule has 0 aliphatic carbocycles.